The van der Waals surface area contributed by atoms with Crippen molar-refractivity contribution in [3.8, 4) is 5.75 Å². The SMILES string of the molecule is CCOc1ccccc1N1CC[NH+]([C@H](C)C(=O)Nc2ccc(F)c(F)c2F)CC1. The fourth-order valence-electron chi connectivity index (χ4n) is 3.51. The molecule has 1 amide bonds. The molecule has 1 atom stereocenters. The maximum Gasteiger partial charge on any atom is 0.282 e. The molecule has 2 aromatic carbocycles. The van der Waals surface area contributed by atoms with Gasteiger partial charge in [0.15, 0.2) is 23.5 Å². The molecule has 5 nitrogen and oxygen atoms in total. The second kappa shape index (κ2) is 9.17. The van der Waals surface area contributed by atoms with E-state index < -0.39 is 29.4 Å². The maximum absolute atomic E-state index is 13.8. The summed E-state index contributed by atoms with van der Waals surface area (Å²) in [6.45, 7) is 7.14. The Bertz CT molecular complexity index is 870. The van der Waals surface area contributed by atoms with Crippen molar-refractivity contribution in [2.24, 2.45) is 0 Å². The van der Waals surface area contributed by atoms with Crippen LogP contribution in [0.2, 0.25) is 0 Å². The van der Waals surface area contributed by atoms with Gasteiger partial charge in [-0.25, -0.2) is 13.2 Å². The van der Waals surface area contributed by atoms with E-state index in [1.165, 1.54) is 0 Å². The largest absolute Gasteiger partial charge is 0.492 e. The van der Waals surface area contributed by atoms with E-state index in [9.17, 15) is 18.0 Å². The van der Waals surface area contributed by atoms with E-state index in [0.29, 0.717) is 19.7 Å². The second-order valence-corrected chi connectivity index (χ2v) is 6.98. The number of ether oxygens (including phenoxy) is 1. The fourth-order valence-corrected chi connectivity index (χ4v) is 3.51. The monoisotopic (exact) mass is 408 g/mol. The van der Waals surface area contributed by atoms with Gasteiger partial charge in [0, 0.05) is 0 Å². The van der Waals surface area contributed by atoms with E-state index in [1.54, 1.807) is 6.92 Å². The van der Waals surface area contributed by atoms with E-state index in [1.807, 2.05) is 31.2 Å². The van der Waals surface area contributed by atoms with Gasteiger partial charge in [-0.2, -0.15) is 0 Å². The van der Waals surface area contributed by atoms with Gasteiger partial charge in [0.1, 0.15) is 5.75 Å². The Balaban J connectivity index is 1.61. The standard InChI is InChI=1S/C21H24F3N3O2/c1-3-29-18-7-5-4-6-17(18)27-12-10-26(11-13-27)14(2)21(28)25-16-9-8-15(22)19(23)20(16)24/h4-9,14H,3,10-13H2,1-2H3,(H,25,28)/p+1/t14-/m1/s1. The molecule has 1 saturated heterocycles. The molecule has 3 rings (SSSR count). The molecule has 0 bridgehead atoms. The van der Waals surface area contributed by atoms with Gasteiger partial charge in [0.05, 0.1) is 44.2 Å². The van der Waals surface area contributed by atoms with Gasteiger partial charge in [-0.1, -0.05) is 12.1 Å². The van der Waals surface area contributed by atoms with Crippen molar-refractivity contribution in [2.45, 2.75) is 19.9 Å². The molecule has 0 saturated carbocycles. The van der Waals surface area contributed by atoms with Crippen molar-refractivity contribution < 1.29 is 27.6 Å². The van der Waals surface area contributed by atoms with Crippen LogP contribution < -0.4 is 19.9 Å². The van der Waals surface area contributed by atoms with Crippen LogP contribution in [0, 0.1) is 17.5 Å². The third-order valence-electron chi connectivity index (χ3n) is 5.21. The van der Waals surface area contributed by atoms with Crippen LogP contribution in [0.25, 0.3) is 0 Å². The minimum absolute atomic E-state index is 0.357. The van der Waals surface area contributed by atoms with Gasteiger partial charge in [-0.15, -0.1) is 0 Å². The summed E-state index contributed by atoms with van der Waals surface area (Å²) in [5, 5.41) is 2.37. The molecule has 1 aliphatic rings. The smallest absolute Gasteiger partial charge is 0.282 e. The average molecular weight is 408 g/mol. The third kappa shape index (κ3) is 4.64. The lowest BCUT2D eigenvalue weighted by atomic mass is 10.1. The summed E-state index contributed by atoms with van der Waals surface area (Å²) in [6, 6.07) is 9.19. The van der Waals surface area contributed by atoms with Crippen LogP contribution in [0.4, 0.5) is 24.5 Å². The Labute approximate surface area is 168 Å². The molecule has 1 fully saturated rings. The number of nitrogens with zero attached hydrogens (tertiary/aromatic N) is 1. The van der Waals surface area contributed by atoms with Gasteiger partial charge >= 0.3 is 0 Å². The molecule has 1 heterocycles. The summed E-state index contributed by atoms with van der Waals surface area (Å²) in [7, 11) is 0. The van der Waals surface area contributed by atoms with E-state index in [-0.39, 0.29) is 5.69 Å². The van der Waals surface area contributed by atoms with E-state index in [2.05, 4.69) is 10.2 Å². The van der Waals surface area contributed by atoms with Gasteiger partial charge < -0.3 is 19.9 Å². The van der Waals surface area contributed by atoms with Crippen LogP contribution in [0.5, 0.6) is 5.75 Å². The lowest BCUT2D eigenvalue weighted by Crippen LogP contribution is -3.19. The summed E-state index contributed by atoms with van der Waals surface area (Å²) in [6.07, 6.45) is 0. The predicted molar refractivity (Wildman–Crippen MR) is 105 cm³/mol. The topological polar surface area (TPSA) is 46.0 Å². The van der Waals surface area contributed by atoms with Crippen molar-refractivity contribution in [1.82, 2.24) is 0 Å². The van der Waals surface area contributed by atoms with Gasteiger partial charge in [-0.05, 0) is 38.1 Å². The van der Waals surface area contributed by atoms with Crippen LogP contribution in [-0.4, -0.2) is 44.7 Å². The quantitative estimate of drug-likeness (QED) is 0.721. The number of hydrogen-bond donors (Lipinski definition) is 2. The first kappa shape index (κ1) is 21.0. The normalized spacial score (nSPS) is 15.8. The molecule has 2 aromatic rings. The van der Waals surface area contributed by atoms with E-state index in [0.717, 1.165) is 41.6 Å². The Morgan fingerprint density at radius 1 is 1.14 bits per heavy atom. The molecule has 156 valence electrons. The van der Waals surface area contributed by atoms with Crippen LogP contribution in [0.3, 0.4) is 0 Å². The summed E-state index contributed by atoms with van der Waals surface area (Å²) in [5.74, 6) is -3.88. The molecule has 0 spiro atoms. The lowest BCUT2D eigenvalue weighted by Gasteiger charge is -2.36. The number of anilines is 2. The number of rotatable bonds is 6. The minimum atomic E-state index is -1.59. The second-order valence-electron chi connectivity index (χ2n) is 6.98. The fraction of sp³-hybridized carbons (Fsp3) is 0.381. The number of nitrogens with one attached hydrogen (secondary N) is 2. The lowest BCUT2D eigenvalue weighted by molar-refractivity contribution is -0.914. The minimum Gasteiger partial charge on any atom is -0.492 e. The molecule has 0 aromatic heterocycles. The third-order valence-corrected chi connectivity index (χ3v) is 5.21. The van der Waals surface area contributed by atoms with Crippen molar-refractivity contribution in [3.63, 3.8) is 0 Å². The maximum atomic E-state index is 13.8. The number of carbonyl (C=O) groups is 1. The van der Waals surface area contributed by atoms with Crippen LogP contribution in [-0.2, 0) is 4.79 Å². The highest BCUT2D eigenvalue weighted by molar-refractivity contribution is 5.93. The first-order valence-corrected chi connectivity index (χ1v) is 9.68. The predicted octanol–water partition coefficient (Wildman–Crippen LogP) is 2.23. The number of quaternary nitrogens is 1. The molecule has 29 heavy (non-hydrogen) atoms. The Hall–Kier alpha value is -2.74. The van der Waals surface area contributed by atoms with E-state index >= 15 is 0 Å². The molecule has 2 N–H and O–H groups in total. The van der Waals surface area contributed by atoms with Crippen molar-refractivity contribution in [3.05, 3.63) is 53.8 Å². The molecular formula is C21H25F3N3O2+. The summed E-state index contributed by atoms with van der Waals surface area (Å²) >= 11 is 0. The Morgan fingerprint density at radius 3 is 2.52 bits per heavy atom. The summed E-state index contributed by atoms with van der Waals surface area (Å²) in [4.78, 5) is 15.8. The summed E-state index contributed by atoms with van der Waals surface area (Å²) in [5.41, 5.74) is 0.666. The molecule has 8 heteroatoms. The van der Waals surface area contributed by atoms with Crippen LogP contribution in [0.1, 0.15) is 13.8 Å². The number of halogens is 3. The molecule has 0 aliphatic carbocycles. The number of piperazine rings is 1. The zero-order valence-electron chi connectivity index (χ0n) is 16.5. The zero-order valence-corrected chi connectivity index (χ0v) is 16.5. The number of para-hydroxylation sites is 2. The average Bonchev–Trinajstić information content (AvgIpc) is 2.74. The molecule has 0 unspecified atom stereocenters. The highest BCUT2D eigenvalue weighted by atomic mass is 19.2. The van der Waals surface area contributed by atoms with Gasteiger partial charge in [0.2, 0.25) is 0 Å². The highest BCUT2D eigenvalue weighted by Gasteiger charge is 2.30. The first-order chi connectivity index (χ1) is 13.9. The molecular weight excluding hydrogens is 383 g/mol. The number of carbonyl (C=O) groups excluding carboxylic acids is 1. The number of benzene rings is 2. The van der Waals surface area contributed by atoms with Crippen molar-refractivity contribution in [2.75, 3.05) is 43.0 Å². The summed E-state index contributed by atoms with van der Waals surface area (Å²) < 4.78 is 45.9. The zero-order chi connectivity index (χ0) is 21.0. The van der Waals surface area contributed by atoms with E-state index in [4.69, 9.17) is 4.74 Å². The Morgan fingerprint density at radius 2 is 1.83 bits per heavy atom. The van der Waals surface area contributed by atoms with Crippen molar-refractivity contribution >= 4 is 17.3 Å². The van der Waals surface area contributed by atoms with Crippen molar-refractivity contribution in [1.29, 1.82) is 0 Å². The van der Waals surface area contributed by atoms with Crippen LogP contribution >= 0.6 is 0 Å². The number of amides is 1. The highest BCUT2D eigenvalue weighted by Crippen LogP contribution is 2.27. The molecule has 1 aliphatic heterocycles. The van der Waals surface area contributed by atoms with Gasteiger partial charge in [-0.3, -0.25) is 4.79 Å². The van der Waals surface area contributed by atoms with Gasteiger partial charge in [0.25, 0.3) is 5.91 Å². The Kier molecular flexibility index (Phi) is 6.64. The first-order valence-electron chi connectivity index (χ1n) is 9.68. The van der Waals surface area contributed by atoms with Crippen LogP contribution in [0.15, 0.2) is 36.4 Å². The molecule has 0 radical (unpaired) electrons. The number of hydrogen-bond acceptors (Lipinski definition) is 3.